The van der Waals surface area contributed by atoms with Gasteiger partial charge in [-0.25, -0.2) is 4.68 Å². The molecule has 0 aromatic carbocycles. The highest BCUT2D eigenvalue weighted by Crippen LogP contribution is 2.15. The van der Waals surface area contributed by atoms with E-state index in [-0.39, 0.29) is 23.1 Å². The molecular weight excluding hydrogens is 282 g/mol. The summed E-state index contributed by atoms with van der Waals surface area (Å²) in [4.78, 5) is 11.9. The number of hydrogen-bond acceptors (Lipinski definition) is 5. The molecule has 0 aliphatic carbocycles. The summed E-state index contributed by atoms with van der Waals surface area (Å²) in [5.41, 5.74) is 0.222. The molecule has 1 unspecified atom stereocenters. The smallest absolute Gasteiger partial charge is 0.287 e. The monoisotopic (exact) mass is 303 g/mol. The van der Waals surface area contributed by atoms with Crippen molar-refractivity contribution in [2.75, 3.05) is 32.2 Å². The second-order valence-corrected chi connectivity index (χ2v) is 5.13. The predicted molar refractivity (Wildman–Crippen MR) is 79.4 cm³/mol. The Morgan fingerprint density at radius 2 is 2.35 bits per heavy atom. The maximum absolute atomic E-state index is 11.9. The van der Waals surface area contributed by atoms with Crippen LogP contribution >= 0.6 is 11.6 Å². The molecule has 0 aliphatic heterocycles. The fraction of sp³-hybridized carbons (Fsp3) is 0.692. The topological polar surface area (TPSA) is 76.4 Å². The summed E-state index contributed by atoms with van der Waals surface area (Å²) in [6.07, 6.45) is 3.36. The number of rotatable bonds is 9. The van der Waals surface area contributed by atoms with Crippen molar-refractivity contribution in [2.24, 2.45) is 5.92 Å². The van der Waals surface area contributed by atoms with Crippen molar-refractivity contribution in [2.45, 2.75) is 26.3 Å². The maximum Gasteiger partial charge on any atom is 0.287 e. The van der Waals surface area contributed by atoms with Gasteiger partial charge in [0.1, 0.15) is 5.02 Å². The standard InChI is InChI=1S/C13H22ClN3O3/c1-10(9-18)4-3-5-15-11-8-16-17(6-7-20-2)13(19)12(11)14/h8,10,15,18H,3-7,9H2,1-2H3. The summed E-state index contributed by atoms with van der Waals surface area (Å²) in [6, 6.07) is 0. The van der Waals surface area contributed by atoms with E-state index in [2.05, 4.69) is 10.4 Å². The minimum atomic E-state index is -0.322. The average molecular weight is 304 g/mol. The summed E-state index contributed by atoms with van der Waals surface area (Å²) in [7, 11) is 1.57. The highest BCUT2D eigenvalue weighted by molar-refractivity contribution is 6.32. The third kappa shape index (κ3) is 5.11. The molecule has 1 aromatic rings. The Labute approximate surface area is 123 Å². The number of aliphatic hydroxyl groups is 1. The largest absolute Gasteiger partial charge is 0.396 e. The van der Waals surface area contributed by atoms with E-state index in [0.717, 1.165) is 12.8 Å². The molecule has 114 valence electrons. The maximum atomic E-state index is 11.9. The Balaban J connectivity index is 2.55. The van der Waals surface area contributed by atoms with Gasteiger partial charge < -0.3 is 15.2 Å². The number of nitrogens with one attached hydrogen (secondary N) is 1. The van der Waals surface area contributed by atoms with E-state index in [9.17, 15) is 4.79 Å². The molecule has 20 heavy (non-hydrogen) atoms. The first-order valence-corrected chi connectivity index (χ1v) is 7.07. The Morgan fingerprint density at radius 1 is 1.60 bits per heavy atom. The van der Waals surface area contributed by atoms with E-state index >= 15 is 0 Å². The SMILES string of the molecule is COCCn1ncc(NCCCC(C)CO)c(Cl)c1=O. The van der Waals surface area contributed by atoms with Crippen LogP contribution in [0.3, 0.4) is 0 Å². The summed E-state index contributed by atoms with van der Waals surface area (Å²) in [5, 5.41) is 16.2. The lowest BCUT2D eigenvalue weighted by atomic mass is 10.1. The molecule has 0 aliphatic rings. The Morgan fingerprint density at radius 3 is 3.00 bits per heavy atom. The number of methoxy groups -OCH3 is 1. The van der Waals surface area contributed by atoms with Crippen LogP contribution in [0, 0.1) is 5.92 Å². The lowest BCUT2D eigenvalue weighted by Gasteiger charge is -2.11. The van der Waals surface area contributed by atoms with Crippen LogP contribution in [0.25, 0.3) is 0 Å². The van der Waals surface area contributed by atoms with Gasteiger partial charge in [0, 0.05) is 20.3 Å². The van der Waals surface area contributed by atoms with E-state index < -0.39 is 0 Å². The van der Waals surface area contributed by atoms with Crippen LogP contribution in [-0.2, 0) is 11.3 Å². The van der Waals surface area contributed by atoms with Gasteiger partial charge in [-0.1, -0.05) is 18.5 Å². The second-order valence-electron chi connectivity index (χ2n) is 4.75. The first-order valence-electron chi connectivity index (χ1n) is 6.69. The van der Waals surface area contributed by atoms with E-state index in [0.29, 0.717) is 25.4 Å². The molecule has 6 nitrogen and oxygen atoms in total. The number of hydrogen-bond donors (Lipinski definition) is 2. The fourth-order valence-electron chi connectivity index (χ4n) is 1.69. The quantitative estimate of drug-likeness (QED) is 0.674. The summed E-state index contributed by atoms with van der Waals surface area (Å²) < 4.78 is 6.19. The second kappa shape index (κ2) is 8.94. The van der Waals surface area contributed by atoms with Crippen molar-refractivity contribution in [1.82, 2.24) is 9.78 Å². The molecule has 0 bridgehead atoms. The van der Waals surface area contributed by atoms with Crippen molar-refractivity contribution in [3.05, 3.63) is 21.6 Å². The molecular formula is C13H22ClN3O3. The lowest BCUT2D eigenvalue weighted by Crippen LogP contribution is -2.26. The van der Waals surface area contributed by atoms with Crippen LogP contribution < -0.4 is 10.9 Å². The van der Waals surface area contributed by atoms with E-state index in [1.807, 2.05) is 6.92 Å². The molecule has 1 heterocycles. The van der Waals surface area contributed by atoms with Gasteiger partial charge >= 0.3 is 0 Å². The molecule has 7 heteroatoms. The summed E-state index contributed by atoms with van der Waals surface area (Å²) in [6.45, 7) is 3.66. The van der Waals surface area contributed by atoms with Crippen LogP contribution in [0.2, 0.25) is 5.02 Å². The number of aromatic nitrogens is 2. The fourth-order valence-corrected chi connectivity index (χ4v) is 1.90. The van der Waals surface area contributed by atoms with Crippen LogP contribution in [0.1, 0.15) is 19.8 Å². The third-order valence-electron chi connectivity index (χ3n) is 2.99. The van der Waals surface area contributed by atoms with Gasteiger partial charge in [0.05, 0.1) is 25.0 Å². The van der Waals surface area contributed by atoms with Gasteiger partial charge in [-0.05, 0) is 18.8 Å². The number of anilines is 1. The van der Waals surface area contributed by atoms with Gasteiger partial charge in [-0.15, -0.1) is 0 Å². The molecule has 0 fully saturated rings. The molecule has 0 spiro atoms. The molecule has 1 aromatic heterocycles. The zero-order valence-electron chi connectivity index (χ0n) is 11.9. The predicted octanol–water partition coefficient (Wildman–Crippen LogP) is 1.36. The number of ether oxygens (including phenoxy) is 1. The molecule has 0 radical (unpaired) electrons. The van der Waals surface area contributed by atoms with Crippen LogP contribution in [-0.4, -0.2) is 41.8 Å². The Hall–Kier alpha value is -1.11. The summed E-state index contributed by atoms with van der Waals surface area (Å²) >= 11 is 6.03. The average Bonchev–Trinajstić information content (AvgIpc) is 2.46. The van der Waals surface area contributed by atoms with Crippen molar-refractivity contribution >= 4 is 17.3 Å². The van der Waals surface area contributed by atoms with Gasteiger partial charge in [-0.3, -0.25) is 4.79 Å². The number of aliphatic hydroxyl groups excluding tert-OH is 1. The minimum Gasteiger partial charge on any atom is -0.396 e. The van der Waals surface area contributed by atoms with E-state index in [1.165, 1.54) is 4.68 Å². The molecule has 1 atom stereocenters. The van der Waals surface area contributed by atoms with Gasteiger partial charge in [0.25, 0.3) is 5.56 Å². The van der Waals surface area contributed by atoms with Gasteiger partial charge in [0.15, 0.2) is 0 Å². The van der Waals surface area contributed by atoms with Crippen molar-refractivity contribution in [3.63, 3.8) is 0 Å². The first-order chi connectivity index (χ1) is 9.60. The molecule has 0 amide bonds. The Bertz CT molecular complexity index is 465. The first kappa shape index (κ1) is 16.9. The lowest BCUT2D eigenvalue weighted by molar-refractivity contribution is 0.182. The van der Waals surface area contributed by atoms with Crippen LogP contribution in [0.5, 0.6) is 0 Å². The van der Waals surface area contributed by atoms with E-state index in [1.54, 1.807) is 13.3 Å². The third-order valence-corrected chi connectivity index (χ3v) is 3.36. The van der Waals surface area contributed by atoms with Gasteiger partial charge in [-0.2, -0.15) is 5.10 Å². The molecule has 0 saturated heterocycles. The van der Waals surface area contributed by atoms with Crippen molar-refractivity contribution in [1.29, 1.82) is 0 Å². The zero-order valence-corrected chi connectivity index (χ0v) is 12.7. The van der Waals surface area contributed by atoms with Crippen molar-refractivity contribution < 1.29 is 9.84 Å². The number of halogens is 1. The normalized spacial score (nSPS) is 12.4. The number of nitrogens with zero attached hydrogens (tertiary/aromatic N) is 2. The van der Waals surface area contributed by atoms with E-state index in [4.69, 9.17) is 21.4 Å². The van der Waals surface area contributed by atoms with Crippen molar-refractivity contribution in [3.8, 4) is 0 Å². The summed E-state index contributed by atoms with van der Waals surface area (Å²) in [5.74, 6) is 0.285. The minimum absolute atomic E-state index is 0.145. The van der Waals surface area contributed by atoms with Crippen LogP contribution in [0.15, 0.2) is 11.0 Å². The highest BCUT2D eigenvalue weighted by atomic mass is 35.5. The molecule has 1 rings (SSSR count). The molecule has 0 saturated carbocycles. The Kier molecular flexibility index (Phi) is 7.58. The zero-order chi connectivity index (χ0) is 15.0. The molecule has 2 N–H and O–H groups in total. The van der Waals surface area contributed by atoms with Gasteiger partial charge in [0.2, 0.25) is 0 Å². The highest BCUT2D eigenvalue weighted by Gasteiger charge is 2.09. The van der Waals surface area contributed by atoms with Crippen LogP contribution in [0.4, 0.5) is 5.69 Å².